The first-order valence-electron chi connectivity index (χ1n) is 8.43. The Morgan fingerprint density at radius 1 is 1.27 bits per heavy atom. The molecule has 0 radical (unpaired) electrons. The fraction of sp³-hybridized carbons (Fsp3) is 0.300. The Kier molecular flexibility index (Phi) is 5.77. The van der Waals surface area contributed by atoms with E-state index < -0.39 is 11.7 Å². The van der Waals surface area contributed by atoms with Crippen molar-refractivity contribution < 1.29 is 14.6 Å². The molecule has 1 aliphatic rings. The number of rotatable bonds is 2. The lowest BCUT2D eigenvalue weighted by molar-refractivity contribution is 0.0511. The average molecular weight is 371 g/mol. The number of hydrogen-bond acceptors (Lipinski definition) is 4. The number of hydrogen-bond donors (Lipinski definition) is 2. The third-order valence-corrected chi connectivity index (χ3v) is 4.47. The number of aromatic nitrogens is 1. The topological polar surface area (TPSA) is 71.5 Å². The molecule has 1 heterocycles. The van der Waals surface area contributed by atoms with Gasteiger partial charge in [-0.05, 0) is 49.9 Å². The standard InChI is InChI=1S/C20H19ClN2O3/c21-16-5-3-4-15(14-16)7-10-20(25)11-8-17(9-12-20)23-19(24)26-18-6-1-2-13-22-18/h1-6,13-14,17,25H,8-9,11-12H2,(H,23,24). The SMILES string of the molecule is O=C(NC1CCC(O)(C#Cc2cccc(Cl)c2)CC1)Oc1ccccn1. The third kappa shape index (κ3) is 5.22. The van der Waals surface area contributed by atoms with E-state index in [9.17, 15) is 9.90 Å². The van der Waals surface area contributed by atoms with Crippen LogP contribution in [0.1, 0.15) is 31.2 Å². The molecule has 3 rings (SSSR count). The molecule has 2 aromatic rings. The fourth-order valence-corrected chi connectivity index (χ4v) is 3.01. The molecule has 134 valence electrons. The van der Waals surface area contributed by atoms with Gasteiger partial charge < -0.3 is 15.2 Å². The van der Waals surface area contributed by atoms with Crippen LogP contribution in [-0.4, -0.2) is 27.8 Å². The van der Waals surface area contributed by atoms with Crippen molar-refractivity contribution in [2.24, 2.45) is 0 Å². The Labute approximate surface area is 157 Å². The van der Waals surface area contributed by atoms with Crippen molar-refractivity contribution in [1.29, 1.82) is 0 Å². The van der Waals surface area contributed by atoms with Gasteiger partial charge in [-0.25, -0.2) is 9.78 Å². The average Bonchev–Trinajstić information content (AvgIpc) is 2.63. The van der Waals surface area contributed by atoms with Gasteiger partial charge in [0.2, 0.25) is 5.88 Å². The van der Waals surface area contributed by atoms with Gasteiger partial charge in [-0.3, -0.25) is 0 Å². The molecule has 26 heavy (non-hydrogen) atoms. The van der Waals surface area contributed by atoms with Gasteiger partial charge in [-0.2, -0.15) is 0 Å². The molecule has 1 aromatic carbocycles. The number of carbonyl (C=O) groups is 1. The summed E-state index contributed by atoms with van der Waals surface area (Å²) in [5, 5.41) is 14.1. The predicted octanol–water partition coefficient (Wildman–Crippen LogP) is 3.55. The van der Waals surface area contributed by atoms with Crippen molar-refractivity contribution in [1.82, 2.24) is 10.3 Å². The molecule has 0 atom stereocenters. The van der Waals surface area contributed by atoms with Gasteiger partial charge in [0.05, 0.1) is 0 Å². The largest absolute Gasteiger partial charge is 0.414 e. The first-order chi connectivity index (χ1) is 12.5. The van der Waals surface area contributed by atoms with E-state index >= 15 is 0 Å². The van der Waals surface area contributed by atoms with Gasteiger partial charge >= 0.3 is 6.09 Å². The second kappa shape index (κ2) is 8.22. The first kappa shape index (κ1) is 18.2. The van der Waals surface area contributed by atoms with Gasteiger partial charge in [0.25, 0.3) is 0 Å². The van der Waals surface area contributed by atoms with E-state index in [1.165, 1.54) is 0 Å². The summed E-state index contributed by atoms with van der Waals surface area (Å²) in [6.07, 6.45) is 3.23. The normalized spacial score (nSPS) is 22.0. The minimum Gasteiger partial charge on any atom is -0.391 e. The Bertz CT molecular complexity index is 822. The van der Waals surface area contributed by atoms with Gasteiger partial charge in [-0.1, -0.05) is 35.6 Å². The van der Waals surface area contributed by atoms with E-state index in [0.29, 0.717) is 30.7 Å². The Morgan fingerprint density at radius 2 is 2.08 bits per heavy atom. The van der Waals surface area contributed by atoms with Crippen LogP contribution in [0, 0.1) is 11.8 Å². The van der Waals surface area contributed by atoms with E-state index in [0.717, 1.165) is 5.56 Å². The van der Waals surface area contributed by atoms with Crippen LogP contribution in [0.3, 0.4) is 0 Å². The number of carbonyl (C=O) groups excluding carboxylic acids is 1. The van der Waals surface area contributed by atoms with Crippen molar-refractivity contribution in [3.8, 4) is 17.7 Å². The molecule has 1 fully saturated rings. The zero-order chi connectivity index (χ0) is 18.4. The van der Waals surface area contributed by atoms with Crippen LogP contribution >= 0.6 is 11.6 Å². The van der Waals surface area contributed by atoms with Crippen molar-refractivity contribution in [2.45, 2.75) is 37.3 Å². The summed E-state index contributed by atoms with van der Waals surface area (Å²) in [5.74, 6) is 6.18. The monoisotopic (exact) mass is 370 g/mol. The molecule has 1 saturated carbocycles. The molecule has 0 bridgehead atoms. The Morgan fingerprint density at radius 3 is 2.77 bits per heavy atom. The maximum absolute atomic E-state index is 11.9. The van der Waals surface area contributed by atoms with E-state index in [1.54, 1.807) is 36.5 Å². The van der Waals surface area contributed by atoms with Crippen molar-refractivity contribution >= 4 is 17.7 Å². The first-order valence-corrected chi connectivity index (χ1v) is 8.81. The summed E-state index contributed by atoms with van der Waals surface area (Å²) in [5.41, 5.74) is -0.282. The molecule has 5 nitrogen and oxygen atoms in total. The lowest BCUT2D eigenvalue weighted by atomic mass is 9.82. The molecular formula is C20H19ClN2O3. The molecule has 6 heteroatoms. The molecule has 1 aliphatic carbocycles. The molecule has 0 unspecified atom stereocenters. The predicted molar refractivity (Wildman–Crippen MR) is 98.9 cm³/mol. The highest BCUT2D eigenvalue weighted by Crippen LogP contribution is 2.28. The zero-order valence-corrected chi connectivity index (χ0v) is 14.9. The number of pyridine rings is 1. The van der Waals surface area contributed by atoms with Gasteiger partial charge in [0.15, 0.2) is 0 Å². The number of nitrogens with one attached hydrogen (secondary N) is 1. The highest BCUT2D eigenvalue weighted by molar-refractivity contribution is 6.30. The molecule has 0 saturated heterocycles. The Balaban J connectivity index is 1.51. The fourth-order valence-electron chi connectivity index (χ4n) is 2.82. The van der Waals surface area contributed by atoms with E-state index in [4.69, 9.17) is 16.3 Å². The van der Waals surface area contributed by atoms with E-state index in [1.807, 2.05) is 12.1 Å². The van der Waals surface area contributed by atoms with Crippen LogP contribution in [0.4, 0.5) is 4.79 Å². The van der Waals surface area contributed by atoms with Crippen LogP contribution < -0.4 is 10.1 Å². The number of halogens is 1. The van der Waals surface area contributed by atoms with Crippen molar-refractivity contribution in [3.63, 3.8) is 0 Å². The maximum atomic E-state index is 11.9. The summed E-state index contributed by atoms with van der Waals surface area (Å²) in [6.45, 7) is 0. The molecule has 1 aromatic heterocycles. The van der Waals surface area contributed by atoms with Crippen LogP contribution in [-0.2, 0) is 0 Å². The summed E-state index contributed by atoms with van der Waals surface area (Å²) < 4.78 is 5.12. The summed E-state index contributed by atoms with van der Waals surface area (Å²) in [4.78, 5) is 15.9. The maximum Gasteiger partial charge on any atom is 0.414 e. The zero-order valence-electron chi connectivity index (χ0n) is 14.1. The molecule has 2 N–H and O–H groups in total. The summed E-state index contributed by atoms with van der Waals surface area (Å²) in [7, 11) is 0. The van der Waals surface area contributed by atoms with Crippen LogP contribution in [0.2, 0.25) is 5.02 Å². The van der Waals surface area contributed by atoms with Crippen molar-refractivity contribution in [3.05, 3.63) is 59.2 Å². The van der Waals surface area contributed by atoms with E-state index in [2.05, 4.69) is 22.1 Å². The van der Waals surface area contributed by atoms with Crippen LogP contribution in [0.15, 0.2) is 48.7 Å². The van der Waals surface area contributed by atoms with Crippen molar-refractivity contribution in [2.75, 3.05) is 0 Å². The number of ether oxygens (including phenoxy) is 1. The second-order valence-electron chi connectivity index (χ2n) is 6.27. The quantitative estimate of drug-likeness (QED) is 0.793. The van der Waals surface area contributed by atoms with Crippen LogP contribution in [0.25, 0.3) is 0 Å². The lowest BCUT2D eigenvalue weighted by Gasteiger charge is -2.32. The molecule has 0 aliphatic heterocycles. The third-order valence-electron chi connectivity index (χ3n) is 4.23. The second-order valence-corrected chi connectivity index (χ2v) is 6.70. The van der Waals surface area contributed by atoms with Gasteiger partial charge in [0.1, 0.15) is 5.60 Å². The number of benzene rings is 1. The highest BCUT2D eigenvalue weighted by Gasteiger charge is 2.32. The molecule has 1 amide bonds. The lowest BCUT2D eigenvalue weighted by Crippen LogP contribution is -2.43. The number of nitrogens with zero attached hydrogens (tertiary/aromatic N) is 1. The Hall–Kier alpha value is -2.55. The number of aliphatic hydroxyl groups is 1. The molecule has 0 spiro atoms. The van der Waals surface area contributed by atoms with E-state index in [-0.39, 0.29) is 11.9 Å². The van der Waals surface area contributed by atoms with Gasteiger partial charge in [0, 0.05) is 28.9 Å². The van der Waals surface area contributed by atoms with Gasteiger partial charge in [-0.15, -0.1) is 0 Å². The number of amides is 1. The minimum absolute atomic E-state index is 0.0561. The smallest absolute Gasteiger partial charge is 0.391 e. The molecular weight excluding hydrogens is 352 g/mol. The minimum atomic E-state index is -1.05. The van der Waals surface area contributed by atoms with Crippen LogP contribution in [0.5, 0.6) is 5.88 Å². The summed E-state index contributed by atoms with van der Waals surface area (Å²) >= 11 is 5.94. The highest BCUT2D eigenvalue weighted by atomic mass is 35.5. The summed E-state index contributed by atoms with van der Waals surface area (Å²) in [6, 6.07) is 12.3.